The Morgan fingerprint density at radius 3 is 2.08 bits per heavy atom. The zero-order valence-electron chi connectivity index (χ0n) is 7.33. The summed E-state index contributed by atoms with van der Waals surface area (Å²) in [6, 6.07) is 0. The average molecular weight is 199 g/mol. The van der Waals surface area contributed by atoms with Crippen LogP contribution in [-0.2, 0) is 13.6 Å². The van der Waals surface area contributed by atoms with E-state index in [2.05, 4.69) is 0 Å². The van der Waals surface area contributed by atoms with Crippen LogP contribution in [0.4, 0.5) is 4.39 Å². The van der Waals surface area contributed by atoms with Gasteiger partial charge in [-0.25, -0.2) is 4.39 Å². The van der Waals surface area contributed by atoms with Gasteiger partial charge in [-0.05, 0) is 13.8 Å². The van der Waals surface area contributed by atoms with Crippen LogP contribution in [0.5, 0.6) is 0 Å². The molecule has 12 heavy (non-hydrogen) atoms. The summed E-state index contributed by atoms with van der Waals surface area (Å²) < 4.78 is 33.2. The average Bonchev–Trinajstić information content (AvgIpc) is 2.04. The normalized spacial score (nSPS) is 14.7. The van der Waals surface area contributed by atoms with Gasteiger partial charge in [-0.15, -0.1) is 0 Å². The molecule has 0 fully saturated rings. The molecule has 0 bridgehead atoms. The molecule has 1 atom stereocenters. The molecule has 0 aliphatic carbocycles. The fraction of sp³-hybridized carbons (Fsp3) is 1.00. The third-order valence-corrected chi connectivity index (χ3v) is 3.37. The minimum atomic E-state index is -3.41. The Balaban J connectivity index is 4.27. The molecule has 0 heterocycles. The van der Waals surface area contributed by atoms with Crippen LogP contribution in [0, 0.1) is 0 Å². The zero-order chi connectivity index (χ0) is 9.61. The summed E-state index contributed by atoms with van der Waals surface area (Å²) in [6.45, 7) is 2.79. The Morgan fingerprint density at radius 2 is 1.83 bits per heavy atom. The van der Waals surface area contributed by atoms with Crippen LogP contribution in [-0.4, -0.2) is 25.7 Å². The molecule has 0 aromatic heterocycles. The minimum absolute atomic E-state index is 0.199. The Bertz CT molecular complexity index is 157. The lowest BCUT2D eigenvalue weighted by molar-refractivity contribution is 0.207. The van der Waals surface area contributed by atoms with Crippen LogP contribution in [0.25, 0.3) is 0 Å². The summed E-state index contributed by atoms with van der Waals surface area (Å²) in [7, 11) is -3.41. The van der Waals surface area contributed by atoms with Crippen molar-refractivity contribution in [1.82, 2.24) is 0 Å². The van der Waals surface area contributed by atoms with E-state index >= 15 is 0 Å². The molecule has 74 valence electrons. The fourth-order valence-corrected chi connectivity index (χ4v) is 2.02. The number of alkyl halides is 1. The van der Waals surface area contributed by atoms with Gasteiger partial charge in [-0.2, -0.15) is 0 Å². The Hall–Kier alpha value is 0.0400. The molecular weight excluding hydrogens is 184 g/mol. The van der Waals surface area contributed by atoms with Crippen molar-refractivity contribution in [3.05, 3.63) is 0 Å². The summed E-state index contributed by atoms with van der Waals surface area (Å²) >= 11 is 0. The van der Waals surface area contributed by atoms with E-state index in [1.54, 1.807) is 13.8 Å². The summed E-state index contributed by atoms with van der Waals surface area (Å²) in [5.74, 6) is -1.17. The van der Waals surface area contributed by atoms with E-state index in [0.29, 0.717) is 0 Å². The largest absolute Gasteiger partial charge is 0.349 e. The molecule has 1 unspecified atom stereocenters. The Morgan fingerprint density at radius 1 is 1.42 bits per heavy atom. The Labute approximate surface area is 71.8 Å². The highest BCUT2D eigenvalue weighted by Gasteiger charge is 2.32. The quantitative estimate of drug-likeness (QED) is 0.658. The first-order valence-electron chi connectivity index (χ1n) is 3.81. The highest BCUT2D eigenvalue weighted by atomic mass is 31.2. The maximum absolute atomic E-state index is 12.1. The standard InChI is InChI=1S/C6H15FNO3P/c1-3-10-12(9,11-4-2)6(8)5-7/h6H,3-5,8H2,1-2H3. The van der Waals surface area contributed by atoms with Gasteiger partial charge in [0.2, 0.25) is 0 Å². The molecule has 0 radical (unpaired) electrons. The van der Waals surface area contributed by atoms with Gasteiger partial charge in [0, 0.05) is 0 Å². The van der Waals surface area contributed by atoms with Crippen molar-refractivity contribution in [1.29, 1.82) is 0 Å². The van der Waals surface area contributed by atoms with Crippen LogP contribution in [0.1, 0.15) is 13.8 Å². The maximum Gasteiger partial charge on any atom is 0.349 e. The minimum Gasteiger partial charge on any atom is -0.315 e. The topological polar surface area (TPSA) is 61.5 Å². The van der Waals surface area contributed by atoms with Gasteiger partial charge in [0.15, 0.2) is 0 Å². The number of nitrogens with two attached hydrogens (primary N) is 1. The van der Waals surface area contributed by atoms with Crippen molar-refractivity contribution in [3.63, 3.8) is 0 Å². The fourth-order valence-electron chi connectivity index (χ4n) is 0.673. The van der Waals surface area contributed by atoms with Gasteiger partial charge in [0.25, 0.3) is 0 Å². The third-order valence-electron chi connectivity index (χ3n) is 1.18. The number of halogens is 1. The first kappa shape index (κ1) is 12.0. The molecule has 0 saturated heterocycles. The summed E-state index contributed by atoms with van der Waals surface area (Å²) in [5.41, 5.74) is 5.24. The molecule has 4 nitrogen and oxygen atoms in total. The van der Waals surface area contributed by atoms with Gasteiger partial charge in [0.1, 0.15) is 12.5 Å². The second kappa shape index (κ2) is 5.65. The van der Waals surface area contributed by atoms with Gasteiger partial charge in [0.05, 0.1) is 13.2 Å². The SMILES string of the molecule is CCOP(=O)(OCC)C(N)CF. The first-order valence-corrected chi connectivity index (χ1v) is 5.42. The predicted molar refractivity (Wildman–Crippen MR) is 44.8 cm³/mol. The lowest BCUT2D eigenvalue weighted by Gasteiger charge is -2.20. The molecule has 0 aliphatic heterocycles. The van der Waals surface area contributed by atoms with E-state index in [1.165, 1.54) is 0 Å². The molecule has 0 aromatic carbocycles. The zero-order valence-corrected chi connectivity index (χ0v) is 8.22. The lowest BCUT2D eigenvalue weighted by atomic mass is 10.8. The van der Waals surface area contributed by atoms with Crippen molar-refractivity contribution in [2.45, 2.75) is 19.6 Å². The molecule has 0 aromatic rings. The van der Waals surface area contributed by atoms with E-state index in [4.69, 9.17) is 14.8 Å². The van der Waals surface area contributed by atoms with Crippen LogP contribution >= 0.6 is 7.60 Å². The van der Waals surface area contributed by atoms with Crippen molar-refractivity contribution in [2.75, 3.05) is 19.9 Å². The second-order valence-electron chi connectivity index (χ2n) is 2.10. The number of hydrogen-bond acceptors (Lipinski definition) is 4. The third kappa shape index (κ3) is 3.19. The molecule has 0 spiro atoms. The van der Waals surface area contributed by atoms with E-state index in [1.807, 2.05) is 0 Å². The Kier molecular flexibility index (Phi) is 5.66. The second-order valence-corrected chi connectivity index (χ2v) is 4.36. The molecular formula is C6H15FNO3P. The number of hydrogen-bond donors (Lipinski definition) is 1. The smallest absolute Gasteiger partial charge is 0.315 e. The van der Waals surface area contributed by atoms with Crippen LogP contribution in [0.3, 0.4) is 0 Å². The summed E-state index contributed by atoms with van der Waals surface area (Å²) in [5, 5.41) is 0. The predicted octanol–water partition coefficient (Wildman–Crippen LogP) is 1.51. The van der Waals surface area contributed by atoms with E-state index in [0.717, 1.165) is 0 Å². The highest BCUT2D eigenvalue weighted by Crippen LogP contribution is 2.50. The van der Waals surface area contributed by atoms with E-state index < -0.39 is 20.1 Å². The summed E-state index contributed by atoms with van der Waals surface area (Å²) in [6.07, 6.45) is 0. The van der Waals surface area contributed by atoms with Gasteiger partial charge >= 0.3 is 7.60 Å². The van der Waals surface area contributed by atoms with E-state index in [-0.39, 0.29) is 13.2 Å². The first-order chi connectivity index (χ1) is 5.60. The molecule has 0 aliphatic rings. The van der Waals surface area contributed by atoms with E-state index in [9.17, 15) is 8.96 Å². The van der Waals surface area contributed by atoms with Crippen molar-refractivity contribution in [2.24, 2.45) is 5.73 Å². The van der Waals surface area contributed by atoms with Gasteiger partial charge in [-0.3, -0.25) is 4.57 Å². The van der Waals surface area contributed by atoms with Crippen LogP contribution in [0.2, 0.25) is 0 Å². The van der Waals surface area contributed by atoms with Crippen molar-refractivity contribution < 1.29 is 18.0 Å². The van der Waals surface area contributed by atoms with Crippen molar-refractivity contribution in [3.8, 4) is 0 Å². The molecule has 0 rings (SSSR count). The monoisotopic (exact) mass is 199 g/mol. The van der Waals surface area contributed by atoms with Gasteiger partial charge in [-0.1, -0.05) is 0 Å². The van der Waals surface area contributed by atoms with Crippen LogP contribution in [0.15, 0.2) is 0 Å². The summed E-state index contributed by atoms with van der Waals surface area (Å²) in [4.78, 5) is 0. The molecule has 2 N–H and O–H groups in total. The molecule has 0 amide bonds. The van der Waals surface area contributed by atoms with Crippen molar-refractivity contribution >= 4 is 7.60 Å². The van der Waals surface area contributed by atoms with Crippen LogP contribution < -0.4 is 5.73 Å². The highest BCUT2D eigenvalue weighted by molar-refractivity contribution is 7.54. The maximum atomic E-state index is 12.1. The molecule has 0 saturated carbocycles. The van der Waals surface area contributed by atoms with Gasteiger partial charge < -0.3 is 14.8 Å². The number of rotatable bonds is 6. The lowest BCUT2D eigenvalue weighted by Crippen LogP contribution is -2.25. The molecule has 6 heteroatoms.